The topological polar surface area (TPSA) is 80.6 Å². The largest absolute Gasteiger partial charge is 0.370 e. The van der Waals surface area contributed by atoms with Gasteiger partial charge in [-0.2, -0.15) is 5.10 Å². The summed E-state index contributed by atoms with van der Waals surface area (Å²) >= 11 is 5.95. The summed E-state index contributed by atoms with van der Waals surface area (Å²) in [5.41, 5.74) is 7.55. The molecule has 2 aromatic rings. The standard InChI is InChI=1S/C13H17ClN6/c14-11-7-18-20-8-9(6-17-12(11)20)4-5-16-13(15)19-10-2-1-3-10/h6-8,10H,1-5H2,(H3,15,16,19). The van der Waals surface area contributed by atoms with Crippen LogP contribution in [0.15, 0.2) is 23.6 Å². The van der Waals surface area contributed by atoms with Gasteiger partial charge in [0.15, 0.2) is 11.6 Å². The van der Waals surface area contributed by atoms with Crippen molar-refractivity contribution in [3.8, 4) is 0 Å². The predicted molar refractivity (Wildman–Crippen MR) is 79.0 cm³/mol. The van der Waals surface area contributed by atoms with Gasteiger partial charge in [-0.05, 0) is 31.2 Å². The first kappa shape index (κ1) is 13.2. The normalized spacial score (nSPS) is 16.4. The van der Waals surface area contributed by atoms with Gasteiger partial charge in [0, 0.05) is 25.0 Å². The molecule has 1 aliphatic rings. The summed E-state index contributed by atoms with van der Waals surface area (Å²) in [5, 5.41) is 7.90. The molecule has 0 aromatic carbocycles. The lowest BCUT2D eigenvalue weighted by Gasteiger charge is -2.26. The van der Waals surface area contributed by atoms with Crippen molar-refractivity contribution in [2.45, 2.75) is 31.7 Å². The number of aliphatic imine (C=N–C) groups is 1. The van der Waals surface area contributed by atoms with Crippen LogP contribution in [0.5, 0.6) is 0 Å². The summed E-state index contributed by atoms with van der Waals surface area (Å²) < 4.78 is 1.68. The van der Waals surface area contributed by atoms with E-state index in [9.17, 15) is 0 Å². The Morgan fingerprint density at radius 2 is 2.35 bits per heavy atom. The van der Waals surface area contributed by atoms with E-state index in [4.69, 9.17) is 17.3 Å². The maximum atomic E-state index is 5.95. The van der Waals surface area contributed by atoms with E-state index in [1.54, 1.807) is 16.9 Å². The minimum Gasteiger partial charge on any atom is -0.370 e. The molecule has 0 unspecified atom stereocenters. The fourth-order valence-electron chi connectivity index (χ4n) is 2.13. The van der Waals surface area contributed by atoms with Crippen molar-refractivity contribution in [2.24, 2.45) is 10.7 Å². The second-order valence-corrected chi connectivity index (χ2v) is 5.42. The maximum absolute atomic E-state index is 5.95. The summed E-state index contributed by atoms with van der Waals surface area (Å²) in [7, 11) is 0. The SMILES string of the molecule is NC(=NCCc1cnc2c(Cl)cnn2c1)NC1CCC1. The van der Waals surface area contributed by atoms with E-state index in [1.165, 1.54) is 19.3 Å². The van der Waals surface area contributed by atoms with Crippen LogP contribution in [0.1, 0.15) is 24.8 Å². The molecule has 0 radical (unpaired) electrons. The molecular weight excluding hydrogens is 276 g/mol. The molecule has 0 saturated heterocycles. The van der Waals surface area contributed by atoms with E-state index in [0.717, 1.165) is 12.0 Å². The first-order chi connectivity index (χ1) is 9.72. The number of fused-ring (bicyclic) bond motifs is 1. The van der Waals surface area contributed by atoms with E-state index >= 15 is 0 Å². The third-order valence-corrected chi connectivity index (χ3v) is 3.77. The minimum atomic E-state index is 0.517. The number of hydrogen-bond donors (Lipinski definition) is 2. The van der Waals surface area contributed by atoms with Gasteiger partial charge in [-0.3, -0.25) is 4.99 Å². The monoisotopic (exact) mass is 292 g/mol. The van der Waals surface area contributed by atoms with Crippen LogP contribution in [-0.4, -0.2) is 33.1 Å². The average molecular weight is 293 g/mol. The lowest BCUT2D eigenvalue weighted by atomic mass is 9.93. The van der Waals surface area contributed by atoms with Crippen LogP contribution in [-0.2, 0) is 6.42 Å². The van der Waals surface area contributed by atoms with Crippen molar-refractivity contribution in [1.29, 1.82) is 0 Å². The molecule has 7 heteroatoms. The fraction of sp³-hybridized carbons (Fsp3) is 0.462. The van der Waals surface area contributed by atoms with Gasteiger partial charge in [0.1, 0.15) is 5.02 Å². The molecule has 20 heavy (non-hydrogen) atoms. The average Bonchev–Trinajstić information content (AvgIpc) is 2.75. The highest BCUT2D eigenvalue weighted by atomic mass is 35.5. The number of nitrogens with two attached hydrogens (primary N) is 1. The second-order valence-electron chi connectivity index (χ2n) is 5.01. The molecular formula is C13H17ClN6. The van der Waals surface area contributed by atoms with E-state index in [2.05, 4.69) is 20.4 Å². The van der Waals surface area contributed by atoms with Crippen molar-refractivity contribution in [2.75, 3.05) is 6.54 Å². The Bertz CT molecular complexity index is 631. The zero-order valence-electron chi connectivity index (χ0n) is 11.1. The summed E-state index contributed by atoms with van der Waals surface area (Å²) in [6.07, 6.45) is 9.74. The number of nitrogens with one attached hydrogen (secondary N) is 1. The number of rotatable bonds is 4. The first-order valence-corrected chi connectivity index (χ1v) is 7.14. The molecule has 2 heterocycles. The van der Waals surface area contributed by atoms with Crippen molar-refractivity contribution >= 4 is 23.2 Å². The van der Waals surface area contributed by atoms with Crippen LogP contribution >= 0.6 is 11.6 Å². The molecule has 6 nitrogen and oxygen atoms in total. The number of nitrogens with zero attached hydrogens (tertiary/aromatic N) is 4. The summed E-state index contributed by atoms with van der Waals surface area (Å²) in [5.74, 6) is 0.533. The smallest absolute Gasteiger partial charge is 0.188 e. The summed E-state index contributed by atoms with van der Waals surface area (Å²) in [4.78, 5) is 8.61. The predicted octanol–water partition coefficient (Wildman–Crippen LogP) is 1.38. The molecule has 2 aromatic heterocycles. The van der Waals surface area contributed by atoms with E-state index in [1.807, 2.05) is 6.20 Å². The fourth-order valence-corrected chi connectivity index (χ4v) is 2.31. The van der Waals surface area contributed by atoms with Crippen LogP contribution in [0.2, 0.25) is 5.02 Å². The van der Waals surface area contributed by atoms with Gasteiger partial charge in [0.25, 0.3) is 0 Å². The molecule has 1 fully saturated rings. The highest BCUT2D eigenvalue weighted by molar-refractivity contribution is 6.33. The van der Waals surface area contributed by atoms with Gasteiger partial charge >= 0.3 is 0 Å². The van der Waals surface area contributed by atoms with Crippen LogP contribution in [0.4, 0.5) is 0 Å². The Balaban J connectivity index is 1.57. The number of hydrogen-bond acceptors (Lipinski definition) is 3. The Morgan fingerprint density at radius 3 is 3.10 bits per heavy atom. The molecule has 3 N–H and O–H groups in total. The van der Waals surface area contributed by atoms with E-state index < -0.39 is 0 Å². The Morgan fingerprint density at radius 1 is 1.50 bits per heavy atom. The second kappa shape index (κ2) is 5.66. The third kappa shape index (κ3) is 2.85. The maximum Gasteiger partial charge on any atom is 0.188 e. The molecule has 3 rings (SSSR count). The van der Waals surface area contributed by atoms with Crippen LogP contribution < -0.4 is 11.1 Å². The van der Waals surface area contributed by atoms with Crippen molar-refractivity contribution in [3.63, 3.8) is 0 Å². The Labute approximate surface area is 122 Å². The molecule has 1 saturated carbocycles. The van der Waals surface area contributed by atoms with Crippen molar-refractivity contribution in [3.05, 3.63) is 29.2 Å². The zero-order valence-corrected chi connectivity index (χ0v) is 11.8. The molecule has 0 atom stereocenters. The summed E-state index contributed by atoms with van der Waals surface area (Å²) in [6.45, 7) is 0.633. The Hall–Kier alpha value is -1.82. The van der Waals surface area contributed by atoms with Crippen molar-refractivity contribution < 1.29 is 0 Å². The van der Waals surface area contributed by atoms with Gasteiger partial charge in [-0.15, -0.1) is 0 Å². The molecule has 0 spiro atoms. The van der Waals surface area contributed by atoms with Crippen LogP contribution in [0.25, 0.3) is 5.65 Å². The lowest BCUT2D eigenvalue weighted by molar-refractivity contribution is 0.382. The van der Waals surface area contributed by atoms with Crippen LogP contribution in [0.3, 0.4) is 0 Å². The highest BCUT2D eigenvalue weighted by Crippen LogP contribution is 2.17. The van der Waals surface area contributed by atoms with Gasteiger partial charge in [-0.1, -0.05) is 11.6 Å². The van der Waals surface area contributed by atoms with Gasteiger partial charge in [0.05, 0.1) is 6.20 Å². The molecule has 0 bridgehead atoms. The van der Waals surface area contributed by atoms with Gasteiger partial charge < -0.3 is 11.1 Å². The number of halogens is 1. The van der Waals surface area contributed by atoms with Crippen LogP contribution in [0, 0.1) is 0 Å². The van der Waals surface area contributed by atoms with Crippen molar-refractivity contribution in [1.82, 2.24) is 19.9 Å². The molecule has 106 valence electrons. The lowest BCUT2D eigenvalue weighted by Crippen LogP contribution is -2.43. The highest BCUT2D eigenvalue weighted by Gasteiger charge is 2.17. The molecule has 0 amide bonds. The number of aromatic nitrogens is 3. The molecule has 1 aliphatic carbocycles. The summed E-state index contributed by atoms with van der Waals surface area (Å²) in [6, 6.07) is 0.517. The third-order valence-electron chi connectivity index (χ3n) is 3.51. The Kier molecular flexibility index (Phi) is 3.73. The molecule has 0 aliphatic heterocycles. The van der Waals surface area contributed by atoms with Gasteiger partial charge in [0.2, 0.25) is 0 Å². The van der Waals surface area contributed by atoms with E-state index in [-0.39, 0.29) is 0 Å². The zero-order chi connectivity index (χ0) is 13.9. The minimum absolute atomic E-state index is 0.517. The quantitative estimate of drug-likeness (QED) is 0.659. The van der Waals surface area contributed by atoms with E-state index in [0.29, 0.717) is 29.2 Å². The first-order valence-electron chi connectivity index (χ1n) is 6.76. The van der Waals surface area contributed by atoms with Gasteiger partial charge in [-0.25, -0.2) is 9.50 Å². The number of guanidine groups is 1.